The Hall–Kier alpha value is -1.72. The molecule has 21 heavy (non-hydrogen) atoms. The molecule has 5 heteroatoms. The van der Waals surface area contributed by atoms with E-state index < -0.39 is 0 Å². The molecule has 1 atom stereocenters. The number of hydrogen-bond donors (Lipinski definition) is 1. The summed E-state index contributed by atoms with van der Waals surface area (Å²) < 4.78 is 5.52. The van der Waals surface area contributed by atoms with Crippen molar-refractivity contribution in [3.05, 3.63) is 47.2 Å². The summed E-state index contributed by atoms with van der Waals surface area (Å²) in [5.74, 6) is 1.24. The van der Waals surface area contributed by atoms with E-state index in [1.807, 2.05) is 0 Å². The predicted octanol–water partition coefficient (Wildman–Crippen LogP) is 2.25. The van der Waals surface area contributed by atoms with Crippen LogP contribution < -0.4 is 0 Å². The summed E-state index contributed by atoms with van der Waals surface area (Å²) >= 11 is 0. The van der Waals surface area contributed by atoms with Gasteiger partial charge in [0.15, 0.2) is 0 Å². The van der Waals surface area contributed by atoms with Crippen molar-refractivity contribution >= 4 is 0 Å². The molecule has 0 bridgehead atoms. The highest BCUT2D eigenvalue weighted by Gasteiger charge is 2.28. The highest BCUT2D eigenvalue weighted by molar-refractivity contribution is 5.34. The van der Waals surface area contributed by atoms with Crippen LogP contribution in [-0.2, 0) is 13.0 Å². The van der Waals surface area contributed by atoms with Crippen LogP contribution in [0.4, 0.5) is 0 Å². The van der Waals surface area contributed by atoms with Crippen molar-refractivity contribution in [2.45, 2.75) is 38.8 Å². The number of nitrogens with zero attached hydrogens (tertiary/aromatic N) is 3. The van der Waals surface area contributed by atoms with Crippen LogP contribution in [0.25, 0.3) is 0 Å². The van der Waals surface area contributed by atoms with Crippen molar-refractivity contribution in [2.24, 2.45) is 0 Å². The zero-order valence-corrected chi connectivity index (χ0v) is 12.3. The SMILES string of the molecule is Cc1nnc(CN(CCCO)C2CCc3ccccc32)o1. The maximum Gasteiger partial charge on any atom is 0.230 e. The fourth-order valence-electron chi connectivity index (χ4n) is 3.11. The zero-order valence-electron chi connectivity index (χ0n) is 12.3. The number of rotatable bonds is 6. The second-order valence-corrected chi connectivity index (χ2v) is 5.52. The maximum atomic E-state index is 9.15. The number of hydrogen-bond acceptors (Lipinski definition) is 5. The van der Waals surface area contributed by atoms with Gasteiger partial charge >= 0.3 is 0 Å². The van der Waals surface area contributed by atoms with E-state index >= 15 is 0 Å². The normalized spacial score (nSPS) is 17.4. The number of fused-ring (bicyclic) bond motifs is 1. The lowest BCUT2D eigenvalue weighted by atomic mass is 10.1. The van der Waals surface area contributed by atoms with Crippen molar-refractivity contribution in [1.82, 2.24) is 15.1 Å². The molecule has 3 rings (SSSR count). The van der Waals surface area contributed by atoms with E-state index in [-0.39, 0.29) is 6.61 Å². The number of aryl methyl sites for hydroxylation is 2. The molecule has 0 aliphatic heterocycles. The van der Waals surface area contributed by atoms with Crippen molar-refractivity contribution in [2.75, 3.05) is 13.2 Å². The molecule has 1 aromatic carbocycles. The molecule has 112 valence electrons. The van der Waals surface area contributed by atoms with Gasteiger partial charge in [0.2, 0.25) is 11.8 Å². The molecule has 1 aliphatic carbocycles. The van der Waals surface area contributed by atoms with E-state index in [1.165, 1.54) is 11.1 Å². The standard InChI is InChI=1S/C16H21N3O2/c1-12-17-18-16(21-12)11-19(9-4-10-20)15-8-7-13-5-2-3-6-14(13)15/h2-3,5-6,15,20H,4,7-11H2,1H3. The Bertz CT molecular complexity index is 597. The van der Waals surface area contributed by atoms with Crippen LogP contribution in [0.1, 0.15) is 41.8 Å². The van der Waals surface area contributed by atoms with Crippen LogP contribution in [-0.4, -0.2) is 33.4 Å². The number of aliphatic hydroxyl groups is 1. The summed E-state index contributed by atoms with van der Waals surface area (Å²) in [7, 11) is 0. The molecule has 0 saturated carbocycles. The van der Waals surface area contributed by atoms with Gasteiger partial charge in [-0.05, 0) is 30.4 Å². The van der Waals surface area contributed by atoms with Crippen molar-refractivity contribution in [3.8, 4) is 0 Å². The van der Waals surface area contributed by atoms with Crippen LogP contribution >= 0.6 is 0 Å². The van der Waals surface area contributed by atoms with Gasteiger partial charge in [-0.15, -0.1) is 10.2 Å². The highest BCUT2D eigenvalue weighted by atomic mass is 16.4. The monoisotopic (exact) mass is 287 g/mol. The summed E-state index contributed by atoms with van der Waals surface area (Å²) in [5, 5.41) is 17.1. The first kappa shape index (κ1) is 14.2. The van der Waals surface area contributed by atoms with Crippen LogP contribution in [0.3, 0.4) is 0 Å². The quantitative estimate of drug-likeness (QED) is 0.883. The molecule has 1 aromatic heterocycles. The van der Waals surface area contributed by atoms with Crippen molar-refractivity contribution in [1.29, 1.82) is 0 Å². The van der Waals surface area contributed by atoms with Gasteiger partial charge < -0.3 is 9.52 Å². The smallest absolute Gasteiger partial charge is 0.230 e. The lowest BCUT2D eigenvalue weighted by Gasteiger charge is -2.28. The third-order valence-corrected chi connectivity index (χ3v) is 4.05. The van der Waals surface area contributed by atoms with Gasteiger partial charge in [0.25, 0.3) is 0 Å². The first-order valence-corrected chi connectivity index (χ1v) is 7.49. The molecule has 5 nitrogen and oxygen atoms in total. The lowest BCUT2D eigenvalue weighted by molar-refractivity contribution is 0.152. The zero-order chi connectivity index (χ0) is 14.7. The third-order valence-electron chi connectivity index (χ3n) is 4.05. The molecule has 1 N–H and O–H groups in total. The minimum absolute atomic E-state index is 0.202. The highest BCUT2D eigenvalue weighted by Crippen LogP contribution is 2.36. The van der Waals surface area contributed by atoms with Gasteiger partial charge in [-0.1, -0.05) is 24.3 Å². The molecular weight excluding hydrogens is 266 g/mol. The summed E-state index contributed by atoms with van der Waals surface area (Å²) in [6, 6.07) is 8.98. The third kappa shape index (κ3) is 3.14. The molecule has 0 spiro atoms. The molecule has 1 heterocycles. The topological polar surface area (TPSA) is 62.4 Å². The Balaban J connectivity index is 1.79. The molecular formula is C16H21N3O2. The summed E-state index contributed by atoms with van der Waals surface area (Å²) in [6.45, 7) is 3.48. The molecule has 0 amide bonds. The Kier molecular flexibility index (Phi) is 4.31. The van der Waals surface area contributed by atoms with Crippen molar-refractivity contribution < 1.29 is 9.52 Å². The van der Waals surface area contributed by atoms with Crippen molar-refractivity contribution in [3.63, 3.8) is 0 Å². The fraction of sp³-hybridized carbons (Fsp3) is 0.500. The molecule has 1 unspecified atom stereocenters. The molecule has 2 aromatic rings. The first-order chi connectivity index (χ1) is 10.3. The minimum Gasteiger partial charge on any atom is -0.424 e. The average molecular weight is 287 g/mol. The molecule has 0 saturated heterocycles. The largest absolute Gasteiger partial charge is 0.424 e. The number of aromatic nitrogens is 2. The molecule has 0 fully saturated rings. The van der Waals surface area contributed by atoms with Gasteiger partial charge in [0, 0.05) is 26.1 Å². The van der Waals surface area contributed by atoms with E-state index in [4.69, 9.17) is 9.52 Å². The number of benzene rings is 1. The Morgan fingerprint density at radius 1 is 1.33 bits per heavy atom. The van der Waals surface area contributed by atoms with E-state index in [0.717, 1.165) is 25.8 Å². The molecule has 0 radical (unpaired) electrons. The van der Waals surface area contributed by atoms with Gasteiger partial charge in [0.05, 0.1) is 6.54 Å². The Labute approximate surface area is 124 Å². The minimum atomic E-state index is 0.202. The van der Waals surface area contributed by atoms with E-state index in [0.29, 0.717) is 24.4 Å². The number of aliphatic hydroxyl groups excluding tert-OH is 1. The first-order valence-electron chi connectivity index (χ1n) is 7.49. The van der Waals surface area contributed by atoms with Gasteiger partial charge in [-0.25, -0.2) is 0 Å². The van der Waals surface area contributed by atoms with E-state index in [9.17, 15) is 0 Å². The van der Waals surface area contributed by atoms with Crippen LogP contribution in [0.15, 0.2) is 28.7 Å². The van der Waals surface area contributed by atoms with Gasteiger partial charge in [-0.2, -0.15) is 0 Å². The van der Waals surface area contributed by atoms with Gasteiger partial charge in [-0.3, -0.25) is 4.90 Å². The van der Waals surface area contributed by atoms with Gasteiger partial charge in [0.1, 0.15) is 0 Å². The Morgan fingerprint density at radius 2 is 2.19 bits per heavy atom. The average Bonchev–Trinajstić information content (AvgIpc) is 3.09. The van der Waals surface area contributed by atoms with Crippen LogP contribution in [0.2, 0.25) is 0 Å². The summed E-state index contributed by atoms with van der Waals surface area (Å²) in [5.41, 5.74) is 2.82. The molecule has 1 aliphatic rings. The summed E-state index contributed by atoms with van der Waals surface area (Å²) in [4.78, 5) is 2.34. The fourth-order valence-corrected chi connectivity index (χ4v) is 3.11. The summed E-state index contributed by atoms with van der Waals surface area (Å²) in [6.07, 6.45) is 2.98. The van der Waals surface area contributed by atoms with Crippen LogP contribution in [0, 0.1) is 6.92 Å². The second kappa shape index (κ2) is 6.37. The predicted molar refractivity (Wildman–Crippen MR) is 78.7 cm³/mol. The lowest BCUT2D eigenvalue weighted by Crippen LogP contribution is -2.29. The second-order valence-electron chi connectivity index (χ2n) is 5.52. The van der Waals surface area contributed by atoms with E-state index in [1.54, 1.807) is 6.92 Å². The Morgan fingerprint density at radius 3 is 2.95 bits per heavy atom. The van der Waals surface area contributed by atoms with E-state index in [2.05, 4.69) is 39.4 Å². The van der Waals surface area contributed by atoms with Crippen LogP contribution in [0.5, 0.6) is 0 Å². The maximum absolute atomic E-state index is 9.15.